The lowest BCUT2D eigenvalue weighted by atomic mass is 9.92. The number of carbonyl (C=O) groups excluding carboxylic acids is 1. The smallest absolute Gasteiger partial charge is 0.257 e. The van der Waals surface area contributed by atoms with Crippen LogP contribution in [0.15, 0.2) is 53.3 Å². The van der Waals surface area contributed by atoms with Crippen LogP contribution in [0.1, 0.15) is 30.7 Å². The predicted octanol–water partition coefficient (Wildman–Crippen LogP) is 3.68. The fourth-order valence-corrected chi connectivity index (χ4v) is 3.66. The SMILES string of the molecule is O=C(Cc1ccncc1)N1CCC(CCc2noc(-c3ccc(F)cc3)n2)CC1. The minimum absolute atomic E-state index is 0.178. The second kappa shape index (κ2) is 8.94. The van der Waals surface area contributed by atoms with Gasteiger partial charge < -0.3 is 9.42 Å². The lowest BCUT2D eigenvalue weighted by Crippen LogP contribution is -2.39. The molecular formula is C22H23FN4O2. The average molecular weight is 394 g/mol. The Labute approximate surface area is 168 Å². The summed E-state index contributed by atoms with van der Waals surface area (Å²) in [6.07, 6.45) is 7.55. The van der Waals surface area contributed by atoms with Crippen molar-refractivity contribution in [3.05, 3.63) is 66.0 Å². The van der Waals surface area contributed by atoms with Crippen molar-refractivity contribution in [1.29, 1.82) is 0 Å². The summed E-state index contributed by atoms with van der Waals surface area (Å²) in [6, 6.07) is 9.79. The van der Waals surface area contributed by atoms with Crippen molar-refractivity contribution in [3.8, 4) is 11.5 Å². The molecule has 3 aromatic rings. The molecular weight excluding hydrogens is 371 g/mol. The molecule has 0 aliphatic carbocycles. The molecule has 0 atom stereocenters. The molecule has 7 heteroatoms. The lowest BCUT2D eigenvalue weighted by molar-refractivity contribution is -0.131. The Morgan fingerprint density at radius 1 is 1.10 bits per heavy atom. The average Bonchev–Trinajstić information content (AvgIpc) is 3.23. The summed E-state index contributed by atoms with van der Waals surface area (Å²) in [5.74, 6) is 1.51. The molecule has 150 valence electrons. The van der Waals surface area contributed by atoms with Crippen LogP contribution in [0.2, 0.25) is 0 Å². The topological polar surface area (TPSA) is 72.1 Å². The fourth-order valence-electron chi connectivity index (χ4n) is 3.66. The number of aryl methyl sites for hydroxylation is 1. The molecule has 29 heavy (non-hydrogen) atoms. The zero-order valence-corrected chi connectivity index (χ0v) is 16.1. The van der Waals surface area contributed by atoms with Crippen LogP contribution in [0.3, 0.4) is 0 Å². The molecule has 0 bridgehead atoms. The van der Waals surface area contributed by atoms with E-state index in [9.17, 15) is 9.18 Å². The number of aromatic nitrogens is 3. The molecule has 0 saturated carbocycles. The number of amides is 1. The first-order valence-electron chi connectivity index (χ1n) is 9.92. The molecule has 0 radical (unpaired) electrons. The van der Waals surface area contributed by atoms with Gasteiger partial charge in [0.15, 0.2) is 5.82 Å². The molecule has 1 saturated heterocycles. The van der Waals surface area contributed by atoms with Crippen LogP contribution < -0.4 is 0 Å². The van der Waals surface area contributed by atoms with Crippen molar-refractivity contribution < 1.29 is 13.7 Å². The van der Waals surface area contributed by atoms with Gasteiger partial charge in [-0.15, -0.1) is 0 Å². The van der Waals surface area contributed by atoms with E-state index < -0.39 is 0 Å². The van der Waals surface area contributed by atoms with Crippen LogP contribution >= 0.6 is 0 Å². The molecule has 0 N–H and O–H groups in total. The van der Waals surface area contributed by atoms with E-state index in [1.807, 2.05) is 17.0 Å². The second-order valence-corrected chi connectivity index (χ2v) is 7.42. The van der Waals surface area contributed by atoms with E-state index in [0.717, 1.165) is 44.3 Å². The number of halogens is 1. The molecule has 1 aliphatic rings. The molecule has 0 spiro atoms. The highest BCUT2D eigenvalue weighted by Gasteiger charge is 2.23. The standard InChI is InChI=1S/C22H23FN4O2/c23-19-4-2-18(3-5-19)22-25-20(26-29-22)6-1-16-9-13-27(14-10-16)21(28)15-17-7-11-24-12-8-17/h2-5,7-8,11-12,16H,1,6,9-10,13-15H2. The highest BCUT2D eigenvalue weighted by atomic mass is 19.1. The summed E-state index contributed by atoms with van der Waals surface area (Å²) in [6.45, 7) is 1.59. The number of likely N-dealkylation sites (tertiary alicyclic amines) is 1. The molecule has 0 unspecified atom stereocenters. The molecule has 1 fully saturated rings. The number of carbonyl (C=O) groups is 1. The maximum absolute atomic E-state index is 13.0. The van der Waals surface area contributed by atoms with E-state index in [1.54, 1.807) is 24.5 Å². The normalized spacial score (nSPS) is 14.9. The van der Waals surface area contributed by atoms with Gasteiger partial charge in [0.25, 0.3) is 5.89 Å². The summed E-state index contributed by atoms with van der Waals surface area (Å²) in [5, 5.41) is 4.04. The third kappa shape index (κ3) is 5.04. The summed E-state index contributed by atoms with van der Waals surface area (Å²) in [7, 11) is 0. The Hall–Kier alpha value is -3.09. The number of hydrogen-bond donors (Lipinski definition) is 0. The number of piperidine rings is 1. The zero-order chi connectivity index (χ0) is 20.1. The Kier molecular flexibility index (Phi) is 5.93. The molecule has 1 aromatic carbocycles. The molecule has 6 nitrogen and oxygen atoms in total. The molecule has 1 amide bonds. The molecule has 2 aromatic heterocycles. The summed E-state index contributed by atoms with van der Waals surface area (Å²) >= 11 is 0. The van der Waals surface area contributed by atoms with Crippen molar-refractivity contribution in [3.63, 3.8) is 0 Å². The molecule has 4 rings (SSSR count). The van der Waals surface area contributed by atoms with Gasteiger partial charge in [-0.1, -0.05) is 5.16 Å². The van der Waals surface area contributed by atoms with Crippen molar-refractivity contribution in [2.75, 3.05) is 13.1 Å². The highest BCUT2D eigenvalue weighted by molar-refractivity contribution is 5.78. The second-order valence-electron chi connectivity index (χ2n) is 7.42. The van der Waals surface area contributed by atoms with E-state index >= 15 is 0 Å². The summed E-state index contributed by atoms with van der Waals surface area (Å²) in [5.41, 5.74) is 1.72. The van der Waals surface area contributed by atoms with Gasteiger partial charge in [0, 0.05) is 37.5 Å². The van der Waals surface area contributed by atoms with Gasteiger partial charge >= 0.3 is 0 Å². The van der Waals surface area contributed by atoms with Crippen molar-refractivity contribution in [1.82, 2.24) is 20.0 Å². The van der Waals surface area contributed by atoms with Crippen LogP contribution in [0, 0.1) is 11.7 Å². The number of rotatable bonds is 6. The first-order valence-corrected chi connectivity index (χ1v) is 9.92. The van der Waals surface area contributed by atoms with Gasteiger partial charge in [0.1, 0.15) is 5.82 Å². The highest BCUT2D eigenvalue weighted by Crippen LogP contribution is 2.23. The monoisotopic (exact) mass is 394 g/mol. The van der Waals surface area contributed by atoms with Gasteiger partial charge in [-0.25, -0.2) is 4.39 Å². The predicted molar refractivity (Wildman–Crippen MR) is 105 cm³/mol. The fraction of sp³-hybridized carbons (Fsp3) is 0.364. The Morgan fingerprint density at radius 3 is 2.55 bits per heavy atom. The quantitative estimate of drug-likeness (QED) is 0.638. The Morgan fingerprint density at radius 2 is 1.83 bits per heavy atom. The van der Waals surface area contributed by atoms with Gasteiger partial charge in [-0.05, 0) is 67.1 Å². The maximum atomic E-state index is 13.0. The van der Waals surface area contributed by atoms with E-state index in [0.29, 0.717) is 29.6 Å². The van der Waals surface area contributed by atoms with Crippen molar-refractivity contribution in [2.45, 2.75) is 32.1 Å². The van der Waals surface area contributed by atoms with Gasteiger partial charge in [-0.2, -0.15) is 4.98 Å². The molecule has 1 aliphatic heterocycles. The first kappa shape index (κ1) is 19.2. The summed E-state index contributed by atoms with van der Waals surface area (Å²) < 4.78 is 18.3. The van der Waals surface area contributed by atoms with Gasteiger partial charge in [0.2, 0.25) is 5.91 Å². The third-order valence-corrected chi connectivity index (χ3v) is 5.41. The van der Waals surface area contributed by atoms with Crippen LogP contribution in [0.25, 0.3) is 11.5 Å². The van der Waals surface area contributed by atoms with E-state index in [2.05, 4.69) is 15.1 Å². The van der Waals surface area contributed by atoms with Crippen LogP contribution in [-0.4, -0.2) is 39.0 Å². The minimum atomic E-state index is -0.293. The van der Waals surface area contributed by atoms with Crippen LogP contribution in [0.5, 0.6) is 0 Å². The zero-order valence-electron chi connectivity index (χ0n) is 16.1. The van der Waals surface area contributed by atoms with E-state index in [-0.39, 0.29) is 11.7 Å². The summed E-state index contributed by atoms with van der Waals surface area (Å²) in [4.78, 5) is 22.8. The maximum Gasteiger partial charge on any atom is 0.257 e. The third-order valence-electron chi connectivity index (χ3n) is 5.41. The van der Waals surface area contributed by atoms with Crippen molar-refractivity contribution in [2.24, 2.45) is 5.92 Å². The Bertz CT molecular complexity index is 935. The number of pyridine rings is 1. The van der Waals surface area contributed by atoms with E-state index in [1.165, 1.54) is 12.1 Å². The molecule has 3 heterocycles. The van der Waals surface area contributed by atoms with Gasteiger partial charge in [0.05, 0.1) is 6.42 Å². The number of benzene rings is 1. The van der Waals surface area contributed by atoms with Crippen molar-refractivity contribution >= 4 is 5.91 Å². The van der Waals surface area contributed by atoms with Gasteiger partial charge in [-0.3, -0.25) is 9.78 Å². The minimum Gasteiger partial charge on any atom is -0.342 e. The number of hydrogen-bond acceptors (Lipinski definition) is 5. The van der Waals surface area contributed by atoms with Crippen LogP contribution in [0.4, 0.5) is 4.39 Å². The first-order chi connectivity index (χ1) is 14.2. The number of nitrogens with zero attached hydrogens (tertiary/aromatic N) is 4. The van der Waals surface area contributed by atoms with Crippen LogP contribution in [-0.2, 0) is 17.6 Å². The Balaban J connectivity index is 1.23. The van der Waals surface area contributed by atoms with E-state index in [4.69, 9.17) is 4.52 Å². The largest absolute Gasteiger partial charge is 0.342 e. The lowest BCUT2D eigenvalue weighted by Gasteiger charge is -2.32.